The Labute approximate surface area is 127 Å². The van der Waals surface area contributed by atoms with Crippen LogP contribution in [0.25, 0.3) is 9.88 Å². The molecule has 4 N–H and O–H groups in total. The van der Waals surface area contributed by atoms with Crippen molar-refractivity contribution in [3.05, 3.63) is 28.6 Å². The molecule has 0 fully saturated rings. The number of amides is 2. The lowest BCUT2D eigenvalue weighted by Gasteiger charge is -2.11. The minimum absolute atomic E-state index is 0.110. The molecule has 0 aromatic carbocycles. The zero-order chi connectivity index (χ0) is 15.4. The van der Waals surface area contributed by atoms with Crippen LogP contribution in [0.4, 0.5) is 0 Å². The smallest absolute Gasteiger partial charge is 0.326 e. The third-order valence-electron chi connectivity index (χ3n) is 2.48. The number of thiazole rings is 1. The molecule has 21 heavy (non-hydrogen) atoms. The van der Waals surface area contributed by atoms with Gasteiger partial charge in [0.25, 0.3) is 5.91 Å². The number of thiophene rings is 1. The van der Waals surface area contributed by atoms with Crippen molar-refractivity contribution in [3.63, 3.8) is 0 Å². The van der Waals surface area contributed by atoms with E-state index in [4.69, 9.17) is 10.8 Å². The van der Waals surface area contributed by atoms with Crippen LogP contribution in [0.15, 0.2) is 22.9 Å². The highest BCUT2D eigenvalue weighted by molar-refractivity contribution is 7.20. The highest BCUT2D eigenvalue weighted by atomic mass is 32.1. The largest absolute Gasteiger partial charge is 0.480 e. The van der Waals surface area contributed by atoms with Gasteiger partial charge in [0.15, 0.2) is 0 Å². The monoisotopic (exact) mass is 325 g/mol. The van der Waals surface area contributed by atoms with Crippen molar-refractivity contribution in [1.29, 1.82) is 0 Å². The van der Waals surface area contributed by atoms with Crippen LogP contribution in [0.1, 0.15) is 16.9 Å². The summed E-state index contributed by atoms with van der Waals surface area (Å²) in [6.45, 7) is 0. The molecule has 0 saturated carbocycles. The van der Waals surface area contributed by atoms with E-state index in [0.717, 1.165) is 4.88 Å². The first-order chi connectivity index (χ1) is 9.97. The number of hydrogen-bond acceptors (Lipinski definition) is 6. The molecule has 2 aromatic heterocycles. The van der Waals surface area contributed by atoms with Crippen molar-refractivity contribution in [2.45, 2.75) is 12.5 Å². The number of nitrogens with zero attached hydrogens (tertiary/aromatic N) is 1. The summed E-state index contributed by atoms with van der Waals surface area (Å²) in [6, 6.07) is 2.38. The highest BCUT2D eigenvalue weighted by Gasteiger charge is 2.24. The van der Waals surface area contributed by atoms with Crippen molar-refractivity contribution in [1.82, 2.24) is 10.3 Å². The van der Waals surface area contributed by atoms with Crippen LogP contribution in [0.3, 0.4) is 0 Å². The second-order valence-electron chi connectivity index (χ2n) is 4.05. The summed E-state index contributed by atoms with van der Waals surface area (Å²) in [5.41, 5.74) is 5.06. The van der Waals surface area contributed by atoms with Crippen LogP contribution in [0.2, 0.25) is 0 Å². The molecule has 7 nitrogen and oxygen atoms in total. The van der Waals surface area contributed by atoms with E-state index in [-0.39, 0.29) is 5.69 Å². The molecule has 0 spiro atoms. The summed E-state index contributed by atoms with van der Waals surface area (Å²) in [5, 5.41) is 15.3. The summed E-state index contributed by atoms with van der Waals surface area (Å²) >= 11 is 2.77. The quantitative estimate of drug-likeness (QED) is 0.729. The van der Waals surface area contributed by atoms with Gasteiger partial charge in [-0.25, -0.2) is 9.78 Å². The number of carbonyl (C=O) groups is 3. The van der Waals surface area contributed by atoms with E-state index in [2.05, 4.69) is 10.3 Å². The van der Waals surface area contributed by atoms with Crippen molar-refractivity contribution >= 4 is 40.5 Å². The first-order valence-electron chi connectivity index (χ1n) is 5.78. The van der Waals surface area contributed by atoms with E-state index < -0.39 is 30.2 Å². The summed E-state index contributed by atoms with van der Waals surface area (Å²) in [4.78, 5) is 38.8. The number of carboxylic acid groups (broad SMARTS) is 1. The van der Waals surface area contributed by atoms with E-state index in [1.165, 1.54) is 28.1 Å². The van der Waals surface area contributed by atoms with Gasteiger partial charge in [-0.15, -0.1) is 22.7 Å². The normalized spacial score (nSPS) is 11.8. The fourth-order valence-corrected chi connectivity index (χ4v) is 3.14. The molecule has 0 saturated heterocycles. The summed E-state index contributed by atoms with van der Waals surface area (Å²) in [6.07, 6.45) is -0.469. The van der Waals surface area contributed by atoms with Gasteiger partial charge in [0, 0.05) is 5.38 Å². The molecular formula is C12H11N3O4S2. The van der Waals surface area contributed by atoms with E-state index in [1.54, 1.807) is 0 Å². The number of primary amides is 1. The molecule has 0 radical (unpaired) electrons. The van der Waals surface area contributed by atoms with Gasteiger partial charge in [0.1, 0.15) is 16.7 Å². The number of nitrogens with one attached hydrogen (secondary N) is 1. The lowest BCUT2D eigenvalue weighted by Crippen LogP contribution is -2.43. The van der Waals surface area contributed by atoms with Crippen molar-refractivity contribution in [2.24, 2.45) is 5.73 Å². The van der Waals surface area contributed by atoms with Crippen molar-refractivity contribution in [3.8, 4) is 9.88 Å². The third-order valence-corrected chi connectivity index (χ3v) is 4.36. The van der Waals surface area contributed by atoms with Gasteiger partial charge in [0.05, 0.1) is 11.3 Å². The Bertz CT molecular complexity index is 666. The Morgan fingerprint density at radius 1 is 1.38 bits per heavy atom. The van der Waals surface area contributed by atoms with Gasteiger partial charge in [0.2, 0.25) is 5.91 Å². The van der Waals surface area contributed by atoms with Gasteiger partial charge < -0.3 is 16.2 Å². The number of aromatic nitrogens is 1. The maximum atomic E-state index is 11.9. The standard InChI is InChI=1S/C12H11N3O4S2/c13-9(16)4-6(12(18)19)14-10(17)7-5-21-11(15-7)8-2-1-3-20-8/h1-3,5-6H,4H2,(H2,13,16)(H,14,17)(H,18,19)/t6-/m1/s1. The van der Waals surface area contributed by atoms with E-state index in [9.17, 15) is 14.4 Å². The molecule has 2 rings (SSSR count). The van der Waals surface area contributed by atoms with Gasteiger partial charge in [-0.2, -0.15) is 0 Å². The van der Waals surface area contributed by atoms with Gasteiger partial charge in [-0.1, -0.05) is 6.07 Å². The van der Waals surface area contributed by atoms with E-state index in [0.29, 0.717) is 5.01 Å². The third kappa shape index (κ3) is 3.86. The molecule has 1 atom stereocenters. The lowest BCUT2D eigenvalue weighted by atomic mass is 10.2. The second-order valence-corrected chi connectivity index (χ2v) is 5.86. The van der Waals surface area contributed by atoms with E-state index in [1.807, 2.05) is 17.5 Å². The molecule has 0 aliphatic heterocycles. The molecule has 2 aromatic rings. The topological polar surface area (TPSA) is 122 Å². The van der Waals surface area contributed by atoms with Crippen LogP contribution in [-0.2, 0) is 9.59 Å². The Morgan fingerprint density at radius 3 is 2.71 bits per heavy atom. The van der Waals surface area contributed by atoms with Gasteiger partial charge in [-0.3, -0.25) is 9.59 Å². The molecule has 0 aliphatic rings. The first-order valence-corrected chi connectivity index (χ1v) is 7.54. The number of carbonyl (C=O) groups excluding carboxylic acids is 2. The average Bonchev–Trinajstić information content (AvgIpc) is 3.08. The van der Waals surface area contributed by atoms with Gasteiger partial charge in [-0.05, 0) is 11.4 Å². The summed E-state index contributed by atoms with van der Waals surface area (Å²) in [5.74, 6) is -2.78. The average molecular weight is 325 g/mol. The maximum Gasteiger partial charge on any atom is 0.326 e. The molecule has 0 aliphatic carbocycles. The molecule has 2 heterocycles. The maximum absolute atomic E-state index is 11.9. The van der Waals surface area contributed by atoms with Crippen molar-refractivity contribution in [2.75, 3.05) is 0 Å². The van der Waals surface area contributed by atoms with Crippen LogP contribution >= 0.6 is 22.7 Å². The molecule has 9 heteroatoms. The molecule has 110 valence electrons. The number of hydrogen-bond donors (Lipinski definition) is 3. The van der Waals surface area contributed by atoms with Crippen LogP contribution in [0, 0.1) is 0 Å². The number of carboxylic acids is 1. The molecule has 2 amide bonds. The Balaban J connectivity index is 2.09. The number of aliphatic carboxylic acids is 1. The predicted molar refractivity (Wildman–Crippen MR) is 78.1 cm³/mol. The zero-order valence-electron chi connectivity index (χ0n) is 10.6. The predicted octanol–water partition coefficient (Wildman–Crippen LogP) is 0.930. The Kier molecular flexibility index (Phi) is 4.66. The van der Waals surface area contributed by atoms with Gasteiger partial charge >= 0.3 is 5.97 Å². The van der Waals surface area contributed by atoms with Crippen LogP contribution < -0.4 is 11.1 Å². The minimum Gasteiger partial charge on any atom is -0.480 e. The van der Waals surface area contributed by atoms with Crippen LogP contribution in [-0.4, -0.2) is 33.9 Å². The molecular weight excluding hydrogens is 314 g/mol. The lowest BCUT2D eigenvalue weighted by molar-refractivity contribution is -0.140. The number of rotatable bonds is 6. The first kappa shape index (κ1) is 15.1. The molecule has 0 unspecified atom stereocenters. The second kappa shape index (κ2) is 6.46. The highest BCUT2D eigenvalue weighted by Crippen LogP contribution is 2.27. The minimum atomic E-state index is -1.36. The summed E-state index contributed by atoms with van der Waals surface area (Å²) < 4.78 is 0. The Morgan fingerprint density at radius 2 is 2.14 bits per heavy atom. The summed E-state index contributed by atoms with van der Waals surface area (Å²) in [7, 11) is 0. The Hall–Kier alpha value is -2.26. The zero-order valence-corrected chi connectivity index (χ0v) is 12.2. The fraction of sp³-hybridized carbons (Fsp3) is 0.167. The SMILES string of the molecule is NC(=O)C[C@@H](NC(=O)c1csc(-c2cccs2)n1)C(=O)O. The number of nitrogens with two attached hydrogens (primary N) is 1. The molecule has 0 bridgehead atoms. The fourth-order valence-electron chi connectivity index (χ4n) is 1.52. The van der Waals surface area contributed by atoms with Crippen molar-refractivity contribution < 1.29 is 19.5 Å². The van der Waals surface area contributed by atoms with Crippen LogP contribution in [0.5, 0.6) is 0 Å². The van der Waals surface area contributed by atoms with E-state index >= 15 is 0 Å².